The number of aryl methyl sites for hydroxylation is 1. The third kappa shape index (κ3) is 6.98. The van der Waals surface area contributed by atoms with Crippen LogP contribution < -0.4 is 14.4 Å². The van der Waals surface area contributed by atoms with E-state index in [-0.39, 0.29) is 11.9 Å². The Bertz CT molecular complexity index is 1480. The highest BCUT2D eigenvalue weighted by Crippen LogP contribution is 2.45. The number of piperazine rings is 1. The van der Waals surface area contributed by atoms with Crippen molar-refractivity contribution in [3.8, 4) is 11.5 Å². The van der Waals surface area contributed by atoms with E-state index in [1.54, 1.807) is 18.1 Å². The number of allylic oxidation sites excluding steroid dienone is 1. The maximum atomic E-state index is 15.2. The van der Waals surface area contributed by atoms with Crippen molar-refractivity contribution in [3.63, 3.8) is 0 Å². The molecule has 5 rings (SSSR count). The molecule has 1 heterocycles. The molecule has 1 fully saturated rings. The van der Waals surface area contributed by atoms with Crippen molar-refractivity contribution in [2.75, 3.05) is 44.8 Å². The monoisotopic (exact) mass is 586 g/mol. The Morgan fingerprint density at radius 2 is 1.65 bits per heavy atom. The van der Waals surface area contributed by atoms with E-state index in [1.165, 1.54) is 11.6 Å². The fraction of sp³-hybridized carbons (Fsp3) is 0.417. The van der Waals surface area contributed by atoms with Crippen molar-refractivity contribution in [1.82, 2.24) is 4.90 Å². The second-order valence-electron chi connectivity index (χ2n) is 12.2. The zero-order valence-electron chi connectivity index (χ0n) is 26.0. The highest BCUT2D eigenvalue weighted by Gasteiger charge is 2.28. The molecular weight excluding hydrogens is 543 g/mol. The molecule has 0 aromatic heterocycles. The van der Waals surface area contributed by atoms with Crippen LogP contribution in [-0.2, 0) is 11.2 Å². The predicted octanol–water partition coefficient (Wildman–Crippen LogP) is 7.98. The number of anilines is 1. The van der Waals surface area contributed by atoms with Crippen molar-refractivity contribution >= 4 is 22.9 Å². The molecular formula is C36H43FN2O4. The summed E-state index contributed by atoms with van der Waals surface area (Å²) in [5.74, 6) is 1.37. The molecule has 2 aliphatic rings. The minimum absolute atomic E-state index is 0.226. The van der Waals surface area contributed by atoms with E-state index in [4.69, 9.17) is 14.2 Å². The number of carbonyl (C=O) groups is 1. The number of carbonyl (C=O) groups excluding carboxylic acids is 1. The second kappa shape index (κ2) is 13.1. The van der Waals surface area contributed by atoms with E-state index in [9.17, 15) is 4.79 Å². The number of rotatable bonds is 8. The van der Waals surface area contributed by atoms with Crippen LogP contribution in [0.1, 0.15) is 69.2 Å². The Balaban J connectivity index is 1.48. The molecule has 0 bridgehead atoms. The van der Waals surface area contributed by atoms with Crippen LogP contribution in [-0.4, -0.2) is 56.5 Å². The first kappa shape index (κ1) is 30.5. The van der Waals surface area contributed by atoms with E-state index in [0.29, 0.717) is 44.8 Å². The first-order chi connectivity index (χ1) is 20.7. The first-order valence-electron chi connectivity index (χ1n) is 15.3. The van der Waals surface area contributed by atoms with Crippen LogP contribution in [0.4, 0.5) is 14.9 Å². The zero-order valence-corrected chi connectivity index (χ0v) is 26.0. The average molecular weight is 587 g/mol. The van der Waals surface area contributed by atoms with Crippen LogP contribution in [0.3, 0.4) is 0 Å². The quantitative estimate of drug-likeness (QED) is 0.251. The molecule has 1 saturated heterocycles. The number of halogens is 1. The summed E-state index contributed by atoms with van der Waals surface area (Å²) in [6.45, 7) is 11.0. The molecule has 1 amide bonds. The molecule has 3 aromatic carbocycles. The third-order valence-electron chi connectivity index (χ3n) is 8.01. The van der Waals surface area contributed by atoms with E-state index in [1.807, 2.05) is 39.0 Å². The third-order valence-corrected chi connectivity index (χ3v) is 8.01. The highest BCUT2D eigenvalue weighted by atomic mass is 19.1. The number of hydrogen-bond donors (Lipinski definition) is 0. The first-order valence-corrected chi connectivity index (χ1v) is 15.3. The molecule has 228 valence electrons. The molecule has 0 atom stereocenters. The van der Waals surface area contributed by atoms with Crippen LogP contribution in [0.5, 0.6) is 11.5 Å². The van der Waals surface area contributed by atoms with Crippen molar-refractivity contribution < 1.29 is 23.4 Å². The lowest BCUT2D eigenvalue weighted by Crippen LogP contribution is -2.50. The van der Waals surface area contributed by atoms with Gasteiger partial charge in [0.15, 0.2) is 0 Å². The predicted molar refractivity (Wildman–Crippen MR) is 170 cm³/mol. The van der Waals surface area contributed by atoms with Crippen LogP contribution in [0, 0.1) is 5.82 Å². The minimum Gasteiger partial charge on any atom is -0.496 e. The Hall–Kier alpha value is -4.00. The van der Waals surface area contributed by atoms with Gasteiger partial charge in [-0.15, -0.1) is 0 Å². The Morgan fingerprint density at radius 3 is 2.35 bits per heavy atom. The van der Waals surface area contributed by atoms with Gasteiger partial charge in [0.1, 0.15) is 22.9 Å². The largest absolute Gasteiger partial charge is 0.496 e. The van der Waals surface area contributed by atoms with Crippen molar-refractivity contribution in [3.05, 3.63) is 88.7 Å². The number of fused-ring (bicyclic) bond motifs is 1. The summed E-state index contributed by atoms with van der Waals surface area (Å²) in [6, 6.07) is 19.5. The normalized spacial score (nSPS) is 15.3. The van der Waals surface area contributed by atoms with Crippen LogP contribution in [0.2, 0.25) is 0 Å². The molecule has 1 aliphatic heterocycles. The van der Waals surface area contributed by atoms with Crippen molar-refractivity contribution in [2.24, 2.45) is 0 Å². The zero-order chi connectivity index (χ0) is 30.6. The van der Waals surface area contributed by atoms with E-state index in [0.717, 1.165) is 58.7 Å². The van der Waals surface area contributed by atoms with Crippen LogP contribution in [0.15, 0.2) is 60.7 Å². The Kier molecular flexibility index (Phi) is 9.28. The summed E-state index contributed by atoms with van der Waals surface area (Å²) in [5.41, 5.74) is 6.28. The number of ether oxygens (including phenoxy) is 3. The summed E-state index contributed by atoms with van der Waals surface area (Å²) < 4.78 is 32.8. The van der Waals surface area contributed by atoms with Gasteiger partial charge in [0.05, 0.1) is 13.7 Å². The molecule has 0 unspecified atom stereocenters. The maximum absolute atomic E-state index is 15.2. The Morgan fingerprint density at radius 1 is 0.907 bits per heavy atom. The molecule has 0 spiro atoms. The lowest BCUT2D eigenvalue weighted by molar-refractivity contribution is 0.0240. The number of nitrogens with zero attached hydrogens (tertiary/aromatic N) is 2. The molecule has 6 nitrogen and oxygen atoms in total. The maximum Gasteiger partial charge on any atom is 0.410 e. The van der Waals surface area contributed by atoms with E-state index < -0.39 is 5.60 Å². The van der Waals surface area contributed by atoms with Gasteiger partial charge in [0.25, 0.3) is 0 Å². The number of amides is 1. The summed E-state index contributed by atoms with van der Waals surface area (Å²) in [7, 11) is 1.68. The standard InChI is InChI=1S/C36H43FN2O4/c1-6-7-22-42-27-14-17-28-25(23-27)12-15-30(29-10-8-9-11-32(29)37)34(28)31-16-13-26(24-33(31)41-5)38-18-20-39(21-19-38)35(40)43-36(2,3)4/h8-11,13-14,16-17,23-24H,6-7,12,15,18-22H2,1-5H3. The van der Waals surface area contributed by atoms with Gasteiger partial charge in [-0.05, 0) is 92.6 Å². The number of unbranched alkanes of at least 4 members (excludes halogenated alkanes) is 1. The summed E-state index contributed by atoms with van der Waals surface area (Å²) in [4.78, 5) is 16.6. The molecule has 3 aromatic rings. The van der Waals surface area contributed by atoms with E-state index >= 15 is 4.39 Å². The average Bonchev–Trinajstić information content (AvgIpc) is 3.00. The number of benzene rings is 3. The minimum atomic E-state index is -0.519. The van der Waals surface area contributed by atoms with Gasteiger partial charge < -0.3 is 24.0 Å². The fourth-order valence-electron chi connectivity index (χ4n) is 5.83. The summed E-state index contributed by atoms with van der Waals surface area (Å²) >= 11 is 0. The highest BCUT2D eigenvalue weighted by molar-refractivity contribution is 6.02. The van der Waals surface area contributed by atoms with Gasteiger partial charge in [-0.25, -0.2) is 9.18 Å². The topological polar surface area (TPSA) is 51.2 Å². The van der Waals surface area contributed by atoms with Gasteiger partial charge in [0, 0.05) is 49.1 Å². The molecule has 0 radical (unpaired) electrons. The SMILES string of the molecule is CCCCOc1ccc2c(c1)CCC(c1ccccc1F)=C2c1ccc(N2CCN(C(=O)OC(C)(C)C)CC2)cc1OC. The number of methoxy groups -OCH3 is 1. The lowest BCUT2D eigenvalue weighted by Gasteiger charge is -2.37. The number of hydrogen-bond acceptors (Lipinski definition) is 5. The van der Waals surface area contributed by atoms with Gasteiger partial charge in [-0.2, -0.15) is 0 Å². The molecule has 0 N–H and O–H groups in total. The van der Waals surface area contributed by atoms with Gasteiger partial charge in [-0.1, -0.05) is 37.6 Å². The smallest absolute Gasteiger partial charge is 0.410 e. The van der Waals surface area contributed by atoms with Crippen LogP contribution in [0.25, 0.3) is 11.1 Å². The Labute approximate surface area is 255 Å². The van der Waals surface area contributed by atoms with Gasteiger partial charge >= 0.3 is 6.09 Å². The van der Waals surface area contributed by atoms with E-state index in [2.05, 4.69) is 42.2 Å². The van der Waals surface area contributed by atoms with Crippen molar-refractivity contribution in [2.45, 2.75) is 59.0 Å². The summed E-state index contributed by atoms with van der Waals surface area (Å²) in [6.07, 6.45) is 3.33. The fourth-order valence-corrected chi connectivity index (χ4v) is 5.83. The van der Waals surface area contributed by atoms with Crippen LogP contribution >= 0.6 is 0 Å². The lowest BCUT2D eigenvalue weighted by atomic mass is 9.79. The molecule has 0 saturated carbocycles. The van der Waals surface area contributed by atoms with Gasteiger partial charge in [-0.3, -0.25) is 0 Å². The molecule has 1 aliphatic carbocycles. The summed E-state index contributed by atoms with van der Waals surface area (Å²) in [5, 5.41) is 0. The molecule has 7 heteroatoms. The molecule has 43 heavy (non-hydrogen) atoms. The van der Waals surface area contributed by atoms with Crippen molar-refractivity contribution in [1.29, 1.82) is 0 Å². The van der Waals surface area contributed by atoms with Gasteiger partial charge in [0.2, 0.25) is 0 Å². The second-order valence-corrected chi connectivity index (χ2v) is 12.2.